The van der Waals surface area contributed by atoms with E-state index in [1.54, 1.807) is 6.08 Å². The second-order valence-electron chi connectivity index (χ2n) is 3.17. The summed E-state index contributed by atoms with van der Waals surface area (Å²) in [5.74, 6) is 0.741. The minimum atomic E-state index is 0.442. The largest absolute Gasteiger partial charge is 0.487 e. The first-order valence-electron chi connectivity index (χ1n) is 4.40. The molecule has 2 N–H and O–H groups in total. The van der Waals surface area contributed by atoms with E-state index in [1.165, 1.54) is 5.54 Å². The van der Waals surface area contributed by atoms with Crippen molar-refractivity contribution in [2.75, 3.05) is 12.3 Å². The summed E-state index contributed by atoms with van der Waals surface area (Å²) in [4.78, 5) is 0. The molecule has 0 aromatic heterocycles. The average Bonchev–Trinajstić information content (AvgIpc) is 2.09. The van der Waals surface area contributed by atoms with Gasteiger partial charge in [-0.1, -0.05) is 17.7 Å². The Morgan fingerprint density at radius 2 is 2.14 bits per heavy atom. The van der Waals surface area contributed by atoms with Gasteiger partial charge in [0.15, 0.2) is 0 Å². The number of aryl methyl sites for hydroxylation is 2. The van der Waals surface area contributed by atoms with Crippen LogP contribution in [0.2, 0.25) is 0 Å². The summed E-state index contributed by atoms with van der Waals surface area (Å²) in [6.45, 7) is 4.42. The minimum absolute atomic E-state index is 0.442. The molecule has 0 aliphatic heterocycles. The summed E-state index contributed by atoms with van der Waals surface area (Å²) in [5, 5.41) is 0. The second kappa shape index (κ2) is 4.91. The Kier molecular flexibility index (Phi) is 3.84. The van der Waals surface area contributed by atoms with Gasteiger partial charge in [0.1, 0.15) is 12.4 Å². The van der Waals surface area contributed by atoms with Gasteiger partial charge in [-0.25, -0.2) is 0 Å². The third-order valence-electron chi connectivity index (χ3n) is 1.86. The zero-order chi connectivity index (χ0) is 10.6. The molecule has 0 saturated carbocycles. The highest BCUT2D eigenvalue weighted by atomic mass is 35.5. The molecule has 2 nitrogen and oxygen atoms in total. The molecular formula is C11H14ClNO. The summed E-state index contributed by atoms with van der Waals surface area (Å²) in [5.41, 5.74) is 10.1. The van der Waals surface area contributed by atoms with E-state index in [0.29, 0.717) is 12.3 Å². The van der Waals surface area contributed by atoms with Crippen molar-refractivity contribution in [3.05, 3.63) is 34.9 Å². The molecule has 0 amide bonds. The molecule has 3 heteroatoms. The summed E-state index contributed by atoms with van der Waals surface area (Å²) in [6, 6.07) is 3.93. The van der Waals surface area contributed by atoms with Crippen LogP contribution in [0, 0.1) is 13.8 Å². The van der Waals surface area contributed by atoms with E-state index < -0.39 is 0 Å². The molecule has 14 heavy (non-hydrogen) atoms. The van der Waals surface area contributed by atoms with Gasteiger partial charge in [0.25, 0.3) is 0 Å². The number of benzene rings is 1. The predicted molar refractivity (Wildman–Crippen MR) is 60.8 cm³/mol. The van der Waals surface area contributed by atoms with Crippen LogP contribution >= 0.6 is 11.6 Å². The van der Waals surface area contributed by atoms with E-state index in [1.807, 2.05) is 26.0 Å². The lowest BCUT2D eigenvalue weighted by Crippen LogP contribution is -2.00. The number of ether oxygens (including phenoxy) is 1. The van der Waals surface area contributed by atoms with Gasteiger partial charge < -0.3 is 10.5 Å². The molecule has 0 aliphatic carbocycles. The van der Waals surface area contributed by atoms with Crippen LogP contribution in [-0.2, 0) is 0 Å². The maximum Gasteiger partial charge on any atom is 0.145 e. The molecule has 76 valence electrons. The molecule has 0 unspecified atom stereocenters. The first kappa shape index (κ1) is 10.9. The van der Waals surface area contributed by atoms with E-state index in [-0.39, 0.29) is 0 Å². The predicted octanol–water partition coefficient (Wildman–Crippen LogP) is 3.02. The lowest BCUT2D eigenvalue weighted by molar-refractivity contribution is 0.362. The van der Waals surface area contributed by atoms with E-state index in [9.17, 15) is 0 Å². The number of nitrogen functional groups attached to an aromatic ring is 1. The second-order valence-corrected chi connectivity index (χ2v) is 3.42. The van der Waals surface area contributed by atoms with Crippen LogP contribution in [0.15, 0.2) is 23.7 Å². The van der Waals surface area contributed by atoms with Crippen molar-refractivity contribution in [1.29, 1.82) is 0 Å². The number of anilines is 1. The van der Waals surface area contributed by atoms with Crippen molar-refractivity contribution in [3.8, 4) is 5.75 Å². The van der Waals surface area contributed by atoms with Crippen LogP contribution in [0.5, 0.6) is 5.75 Å². The van der Waals surface area contributed by atoms with Crippen molar-refractivity contribution in [3.63, 3.8) is 0 Å². The smallest absolute Gasteiger partial charge is 0.145 e. The first-order chi connectivity index (χ1) is 6.65. The van der Waals surface area contributed by atoms with Crippen LogP contribution in [0.4, 0.5) is 5.69 Å². The highest BCUT2D eigenvalue weighted by molar-refractivity contribution is 6.25. The highest BCUT2D eigenvalue weighted by Crippen LogP contribution is 2.27. The van der Waals surface area contributed by atoms with Crippen molar-refractivity contribution >= 4 is 17.3 Å². The Hall–Kier alpha value is -1.15. The molecule has 0 atom stereocenters. The third-order valence-corrected chi connectivity index (χ3v) is 2.04. The molecule has 0 bridgehead atoms. The Bertz CT molecular complexity index is 324. The normalized spacial score (nSPS) is 10.8. The molecule has 1 rings (SSSR count). The number of rotatable bonds is 3. The zero-order valence-corrected chi connectivity index (χ0v) is 9.14. The molecule has 1 aromatic rings. The van der Waals surface area contributed by atoms with Crippen molar-refractivity contribution in [2.45, 2.75) is 13.8 Å². The van der Waals surface area contributed by atoms with Crippen LogP contribution in [0.1, 0.15) is 11.1 Å². The average molecular weight is 212 g/mol. The van der Waals surface area contributed by atoms with Gasteiger partial charge in [0, 0.05) is 5.54 Å². The summed E-state index contributed by atoms with van der Waals surface area (Å²) < 4.78 is 5.47. The molecule has 0 spiro atoms. The number of hydrogen-bond donors (Lipinski definition) is 1. The maximum absolute atomic E-state index is 5.82. The molecule has 0 heterocycles. The van der Waals surface area contributed by atoms with E-state index in [2.05, 4.69) is 0 Å². The van der Waals surface area contributed by atoms with Crippen LogP contribution in [0.25, 0.3) is 0 Å². The van der Waals surface area contributed by atoms with E-state index in [4.69, 9.17) is 22.1 Å². The summed E-state index contributed by atoms with van der Waals surface area (Å²) >= 11 is 5.38. The summed E-state index contributed by atoms with van der Waals surface area (Å²) in [7, 11) is 0. The molecule has 0 radical (unpaired) electrons. The minimum Gasteiger partial charge on any atom is -0.487 e. The van der Waals surface area contributed by atoms with Crippen LogP contribution in [-0.4, -0.2) is 6.61 Å². The standard InChI is InChI=1S/C11H14ClNO/c1-8-6-9(2)11(10(13)7-8)14-5-3-4-12/h3-4,6-7H,5,13H2,1-2H3/b4-3+. The van der Waals surface area contributed by atoms with Gasteiger partial charge in [-0.15, -0.1) is 0 Å². The van der Waals surface area contributed by atoms with Gasteiger partial charge in [-0.05, 0) is 37.1 Å². The van der Waals surface area contributed by atoms with Gasteiger partial charge in [0.2, 0.25) is 0 Å². The Labute approximate surface area is 89.3 Å². The lowest BCUT2D eigenvalue weighted by Gasteiger charge is -2.10. The van der Waals surface area contributed by atoms with Gasteiger partial charge in [0.05, 0.1) is 5.69 Å². The van der Waals surface area contributed by atoms with Crippen molar-refractivity contribution < 1.29 is 4.74 Å². The van der Waals surface area contributed by atoms with E-state index in [0.717, 1.165) is 16.9 Å². The lowest BCUT2D eigenvalue weighted by atomic mass is 10.1. The number of hydrogen-bond acceptors (Lipinski definition) is 2. The quantitative estimate of drug-likeness (QED) is 0.781. The first-order valence-corrected chi connectivity index (χ1v) is 4.83. The molecular weight excluding hydrogens is 198 g/mol. The zero-order valence-electron chi connectivity index (χ0n) is 8.38. The number of nitrogens with two attached hydrogens (primary N) is 1. The molecule has 0 aliphatic rings. The third kappa shape index (κ3) is 2.67. The molecule has 0 fully saturated rings. The monoisotopic (exact) mass is 211 g/mol. The van der Waals surface area contributed by atoms with Gasteiger partial charge >= 0.3 is 0 Å². The maximum atomic E-state index is 5.82. The fourth-order valence-corrected chi connectivity index (χ4v) is 1.42. The van der Waals surface area contributed by atoms with Crippen molar-refractivity contribution in [1.82, 2.24) is 0 Å². The Morgan fingerprint density at radius 3 is 2.71 bits per heavy atom. The molecule has 0 saturated heterocycles. The summed E-state index contributed by atoms with van der Waals surface area (Å²) in [6.07, 6.45) is 1.72. The fourth-order valence-electron chi connectivity index (χ4n) is 1.35. The van der Waals surface area contributed by atoms with Gasteiger partial charge in [-0.3, -0.25) is 0 Å². The van der Waals surface area contributed by atoms with Gasteiger partial charge in [-0.2, -0.15) is 0 Å². The fraction of sp³-hybridized carbons (Fsp3) is 0.273. The van der Waals surface area contributed by atoms with Crippen LogP contribution in [0.3, 0.4) is 0 Å². The van der Waals surface area contributed by atoms with Crippen LogP contribution < -0.4 is 10.5 Å². The van der Waals surface area contributed by atoms with Crippen molar-refractivity contribution in [2.24, 2.45) is 0 Å². The highest BCUT2D eigenvalue weighted by Gasteiger charge is 2.04. The Morgan fingerprint density at radius 1 is 1.43 bits per heavy atom. The topological polar surface area (TPSA) is 35.2 Å². The van der Waals surface area contributed by atoms with E-state index >= 15 is 0 Å². The SMILES string of the molecule is Cc1cc(C)c(OC/C=C/Cl)c(N)c1. The number of halogens is 1. The Balaban J connectivity index is 2.85. The molecule has 1 aromatic carbocycles.